The minimum Gasteiger partial charge on any atom is -0.351 e. The Kier molecular flexibility index (Phi) is 5.71. The number of nitrogens with one attached hydrogen (secondary N) is 2. The standard InChI is InChI=1S/C27H30N4O/c28-18-20-8-9-21-10-14-31(19-23(21)16-20)15-13-27(11-4-1-5-12-27)30-26(32)25-17-22-6-2-3-7-24(22)29-25/h2-3,6-9,16-17,29H,1,4-5,10-15,19H2,(H,30,32). The van der Waals surface area contributed by atoms with Gasteiger partial charge in [-0.15, -0.1) is 0 Å². The lowest BCUT2D eigenvalue weighted by Gasteiger charge is -2.40. The van der Waals surface area contributed by atoms with Gasteiger partial charge in [0, 0.05) is 36.1 Å². The van der Waals surface area contributed by atoms with Crippen LogP contribution in [0.15, 0.2) is 48.5 Å². The third kappa shape index (κ3) is 4.28. The van der Waals surface area contributed by atoms with Gasteiger partial charge in [0.15, 0.2) is 0 Å². The SMILES string of the molecule is N#Cc1ccc2c(c1)CN(CCC1(NC(=O)c3cc4ccccc4[nH]3)CCCCC1)CC2. The molecule has 0 bridgehead atoms. The maximum Gasteiger partial charge on any atom is 0.268 e. The number of carbonyl (C=O) groups excluding carboxylic acids is 1. The summed E-state index contributed by atoms with van der Waals surface area (Å²) in [7, 11) is 0. The molecule has 164 valence electrons. The summed E-state index contributed by atoms with van der Waals surface area (Å²) in [6, 6.07) is 18.3. The lowest BCUT2D eigenvalue weighted by molar-refractivity contribution is 0.0836. The Morgan fingerprint density at radius 3 is 2.75 bits per heavy atom. The van der Waals surface area contributed by atoms with Crippen LogP contribution in [0.3, 0.4) is 0 Å². The van der Waals surface area contributed by atoms with E-state index in [-0.39, 0.29) is 11.4 Å². The van der Waals surface area contributed by atoms with Crippen LogP contribution in [0.5, 0.6) is 0 Å². The number of para-hydroxylation sites is 1. The highest BCUT2D eigenvalue weighted by Crippen LogP contribution is 2.32. The average Bonchev–Trinajstić information content (AvgIpc) is 3.27. The molecule has 0 atom stereocenters. The van der Waals surface area contributed by atoms with Crippen LogP contribution < -0.4 is 5.32 Å². The van der Waals surface area contributed by atoms with Gasteiger partial charge in [-0.3, -0.25) is 9.69 Å². The molecule has 32 heavy (non-hydrogen) atoms. The van der Waals surface area contributed by atoms with Crippen molar-refractivity contribution < 1.29 is 4.79 Å². The highest BCUT2D eigenvalue weighted by Gasteiger charge is 2.34. The Morgan fingerprint density at radius 2 is 1.94 bits per heavy atom. The molecule has 2 N–H and O–H groups in total. The molecule has 2 heterocycles. The summed E-state index contributed by atoms with van der Waals surface area (Å²) in [6.07, 6.45) is 7.66. The molecule has 2 aromatic carbocycles. The minimum absolute atomic E-state index is 0.00533. The fourth-order valence-corrected chi connectivity index (χ4v) is 5.42. The zero-order valence-electron chi connectivity index (χ0n) is 18.5. The first-order valence-electron chi connectivity index (χ1n) is 11.8. The average molecular weight is 427 g/mol. The van der Waals surface area contributed by atoms with E-state index in [1.165, 1.54) is 30.4 Å². The first-order valence-corrected chi connectivity index (χ1v) is 11.8. The monoisotopic (exact) mass is 426 g/mol. The van der Waals surface area contributed by atoms with E-state index in [1.54, 1.807) is 0 Å². The van der Waals surface area contributed by atoms with Crippen molar-refractivity contribution in [3.05, 3.63) is 70.9 Å². The highest BCUT2D eigenvalue weighted by atomic mass is 16.2. The summed E-state index contributed by atoms with van der Waals surface area (Å²) >= 11 is 0. The van der Waals surface area contributed by atoms with Crippen molar-refractivity contribution in [2.75, 3.05) is 13.1 Å². The molecule has 0 unspecified atom stereocenters. The van der Waals surface area contributed by atoms with Gasteiger partial charge in [0.05, 0.1) is 11.6 Å². The first-order chi connectivity index (χ1) is 15.6. The maximum absolute atomic E-state index is 13.2. The van der Waals surface area contributed by atoms with Crippen LogP contribution in [0.4, 0.5) is 0 Å². The summed E-state index contributed by atoms with van der Waals surface area (Å²) in [6.45, 7) is 2.88. The molecule has 5 nitrogen and oxygen atoms in total. The topological polar surface area (TPSA) is 71.9 Å². The number of H-pyrrole nitrogens is 1. The van der Waals surface area contributed by atoms with Crippen molar-refractivity contribution >= 4 is 16.8 Å². The fourth-order valence-electron chi connectivity index (χ4n) is 5.42. The normalized spacial score (nSPS) is 18.1. The molecule has 1 saturated carbocycles. The van der Waals surface area contributed by atoms with Crippen LogP contribution in [0, 0.1) is 11.3 Å². The number of nitrogens with zero attached hydrogens (tertiary/aromatic N) is 2. The molecule has 0 radical (unpaired) electrons. The smallest absolute Gasteiger partial charge is 0.268 e. The Bertz CT molecular complexity index is 1130. The fraction of sp³-hybridized carbons (Fsp3) is 0.407. The van der Waals surface area contributed by atoms with E-state index in [0.717, 1.165) is 61.8 Å². The summed E-state index contributed by atoms with van der Waals surface area (Å²) in [5.74, 6) is 0.00533. The van der Waals surface area contributed by atoms with Gasteiger partial charge in [0.2, 0.25) is 0 Å². The summed E-state index contributed by atoms with van der Waals surface area (Å²) in [5.41, 5.74) is 4.88. The maximum atomic E-state index is 13.2. The van der Waals surface area contributed by atoms with E-state index < -0.39 is 0 Å². The second-order valence-corrected chi connectivity index (χ2v) is 9.44. The molecule has 1 amide bonds. The van der Waals surface area contributed by atoms with Gasteiger partial charge in [-0.25, -0.2) is 0 Å². The number of aromatic nitrogens is 1. The van der Waals surface area contributed by atoms with Crippen LogP contribution in [0.25, 0.3) is 10.9 Å². The number of hydrogen-bond acceptors (Lipinski definition) is 3. The number of amides is 1. The van der Waals surface area contributed by atoms with E-state index in [9.17, 15) is 10.1 Å². The highest BCUT2D eigenvalue weighted by molar-refractivity contribution is 5.98. The van der Waals surface area contributed by atoms with Gasteiger partial charge >= 0.3 is 0 Å². The van der Waals surface area contributed by atoms with Crippen molar-refractivity contribution in [1.29, 1.82) is 5.26 Å². The summed E-state index contributed by atoms with van der Waals surface area (Å²) < 4.78 is 0. The number of aromatic amines is 1. The number of carbonyl (C=O) groups is 1. The predicted octanol–water partition coefficient (Wildman–Crippen LogP) is 4.92. The zero-order chi connectivity index (χ0) is 22.0. The predicted molar refractivity (Wildman–Crippen MR) is 126 cm³/mol. The van der Waals surface area contributed by atoms with Gasteiger partial charge in [0.1, 0.15) is 5.69 Å². The lowest BCUT2D eigenvalue weighted by Crippen LogP contribution is -2.51. The molecular formula is C27H30N4O. The first kappa shape index (κ1) is 20.8. The van der Waals surface area contributed by atoms with E-state index in [0.29, 0.717) is 5.69 Å². The number of benzene rings is 2. The second kappa shape index (κ2) is 8.80. The Labute approximate surface area is 189 Å². The Balaban J connectivity index is 1.28. The van der Waals surface area contributed by atoms with Crippen molar-refractivity contribution in [3.63, 3.8) is 0 Å². The molecule has 1 aromatic heterocycles. The van der Waals surface area contributed by atoms with Crippen molar-refractivity contribution in [1.82, 2.24) is 15.2 Å². The van der Waals surface area contributed by atoms with Crippen LogP contribution >= 0.6 is 0 Å². The molecule has 2 aliphatic rings. The number of hydrogen-bond donors (Lipinski definition) is 2. The van der Waals surface area contributed by atoms with E-state index in [1.807, 2.05) is 42.5 Å². The van der Waals surface area contributed by atoms with Crippen LogP contribution in [-0.2, 0) is 13.0 Å². The minimum atomic E-state index is -0.137. The third-order valence-corrected chi connectivity index (χ3v) is 7.30. The summed E-state index contributed by atoms with van der Waals surface area (Å²) in [5, 5.41) is 13.7. The van der Waals surface area contributed by atoms with Gasteiger partial charge in [-0.2, -0.15) is 5.26 Å². The number of rotatable bonds is 5. The van der Waals surface area contributed by atoms with Crippen molar-refractivity contribution in [3.8, 4) is 6.07 Å². The van der Waals surface area contributed by atoms with Gasteiger partial charge in [-0.1, -0.05) is 43.5 Å². The molecule has 1 fully saturated rings. The molecule has 1 aliphatic carbocycles. The van der Waals surface area contributed by atoms with Gasteiger partial charge in [0.25, 0.3) is 5.91 Å². The molecule has 0 spiro atoms. The molecule has 1 aliphatic heterocycles. The second-order valence-electron chi connectivity index (χ2n) is 9.44. The van der Waals surface area contributed by atoms with E-state index in [4.69, 9.17) is 0 Å². The van der Waals surface area contributed by atoms with Gasteiger partial charge < -0.3 is 10.3 Å². The van der Waals surface area contributed by atoms with Crippen LogP contribution in [0.2, 0.25) is 0 Å². The Hall–Kier alpha value is -3.10. The Morgan fingerprint density at radius 1 is 1.09 bits per heavy atom. The molecule has 5 rings (SSSR count). The van der Waals surface area contributed by atoms with E-state index in [2.05, 4.69) is 27.3 Å². The summed E-state index contributed by atoms with van der Waals surface area (Å²) in [4.78, 5) is 18.9. The quantitative estimate of drug-likeness (QED) is 0.608. The third-order valence-electron chi connectivity index (χ3n) is 7.30. The van der Waals surface area contributed by atoms with Crippen molar-refractivity contribution in [2.24, 2.45) is 0 Å². The molecule has 3 aromatic rings. The van der Waals surface area contributed by atoms with Crippen LogP contribution in [-0.4, -0.2) is 34.4 Å². The van der Waals surface area contributed by atoms with Crippen LogP contribution in [0.1, 0.15) is 65.7 Å². The lowest BCUT2D eigenvalue weighted by atomic mass is 9.79. The number of fused-ring (bicyclic) bond motifs is 2. The largest absolute Gasteiger partial charge is 0.351 e. The molecular weight excluding hydrogens is 396 g/mol. The molecule has 0 saturated heterocycles. The van der Waals surface area contributed by atoms with E-state index >= 15 is 0 Å². The number of nitriles is 1. The van der Waals surface area contributed by atoms with Gasteiger partial charge in [-0.05, 0) is 61.1 Å². The zero-order valence-corrected chi connectivity index (χ0v) is 18.5. The molecule has 5 heteroatoms. The van der Waals surface area contributed by atoms with Crippen molar-refractivity contribution in [2.45, 2.75) is 57.0 Å².